The van der Waals surface area contributed by atoms with Crippen LogP contribution >= 0.6 is 12.2 Å². The third-order valence-corrected chi connectivity index (χ3v) is 3.46. The van der Waals surface area contributed by atoms with E-state index in [-0.39, 0.29) is 0 Å². The summed E-state index contributed by atoms with van der Waals surface area (Å²) in [6.07, 6.45) is 0. The number of rotatable bonds is 2. The first-order chi connectivity index (χ1) is 8.49. The van der Waals surface area contributed by atoms with Crippen LogP contribution in [0.3, 0.4) is 0 Å². The Balaban J connectivity index is 2.63. The first kappa shape index (κ1) is 13.0. The quantitative estimate of drug-likeness (QED) is 0.801. The molecular formula is C15H18N2S. The Morgan fingerprint density at radius 2 is 1.72 bits per heavy atom. The molecule has 1 heterocycles. The van der Waals surface area contributed by atoms with Gasteiger partial charge in [0.15, 0.2) is 0 Å². The van der Waals surface area contributed by atoms with Crippen molar-refractivity contribution in [1.29, 1.82) is 0 Å². The second-order valence-electron chi connectivity index (χ2n) is 4.95. The molecule has 1 N–H and O–H groups in total. The van der Waals surface area contributed by atoms with Gasteiger partial charge in [0.25, 0.3) is 0 Å². The molecule has 0 aliphatic rings. The number of aryl methyl sites for hydroxylation is 1. The fourth-order valence-corrected chi connectivity index (χ4v) is 2.03. The van der Waals surface area contributed by atoms with E-state index >= 15 is 0 Å². The van der Waals surface area contributed by atoms with Crippen LogP contribution in [0.25, 0.3) is 11.3 Å². The molecule has 0 atom stereocenters. The lowest BCUT2D eigenvalue weighted by atomic mass is 10.1. The summed E-state index contributed by atoms with van der Waals surface area (Å²) in [6, 6.07) is 8.46. The van der Waals surface area contributed by atoms with Gasteiger partial charge in [0.05, 0.1) is 5.69 Å². The zero-order chi connectivity index (χ0) is 13.3. The molecule has 2 rings (SSSR count). The van der Waals surface area contributed by atoms with E-state index in [9.17, 15) is 0 Å². The number of benzene rings is 1. The van der Waals surface area contributed by atoms with E-state index in [0.717, 1.165) is 22.6 Å². The Morgan fingerprint density at radius 3 is 2.28 bits per heavy atom. The van der Waals surface area contributed by atoms with Gasteiger partial charge in [-0.15, -0.1) is 0 Å². The van der Waals surface area contributed by atoms with E-state index in [1.165, 1.54) is 5.56 Å². The number of nitrogens with zero attached hydrogens (tertiary/aromatic N) is 1. The molecule has 0 amide bonds. The molecule has 0 unspecified atom stereocenters. The molecule has 18 heavy (non-hydrogen) atoms. The smallest absolute Gasteiger partial charge is 0.133 e. The van der Waals surface area contributed by atoms with Gasteiger partial charge in [-0.05, 0) is 19.4 Å². The maximum absolute atomic E-state index is 5.34. The number of H-pyrrole nitrogens is 1. The van der Waals surface area contributed by atoms with Gasteiger partial charge in [-0.25, -0.2) is 4.98 Å². The van der Waals surface area contributed by atoms with Crippen LogP contribution < -0.4 is 0 Å². The molecular weight excluding hydrogens is 240 g/mol. The number of hydrogen-bond acceptors (Lipinski definition) is 2. The molecule has 0 saturated heterocycles. The van der Waals surface area contributed by atoms with Gasteiger partial charge in [0, 0.05) is 11.5 Å². The molecule has 1 aromatic carbocycles. The topological polar surface area (TPSA) is 28.7 Å². The van der Waals surface area contributed by atoms with E-state index in [0.29, 0.717) is 10.6 Å². The second-order valence-corrected chi connectivity index (χ2v) is 5.33. The first-order valence-electron chi connectivity index (χ1n) is 6.17. The molecule has 2 aromatic rings. The summed E-state index contributed by atoms with van der Waals surface area (Å²) in [7, 11) is 0. The lowest BCUT2D eigenvalue weighted by Crippen LogP contribution is -2.02. The maximum Gasteiger partial charge on any atom is 0.133 e. The summed E-state index contributed by atoms with van der Waals surface area (Å²) < 4.78 is 0.688. The van der Waals surface area contributed by atoms with Crippen molar-refractivity contribution >= 4 is 12.2 Å². The van der Waals surface area contributed by atoms with Gasteiger partial charge in [0.2, 0.25) is 0 Å². The Hall–Kier alpha value is -1.48. The highest BCUT2D eigenvalue weighted by molar-refractivity contribution is 7.71. The van der Waals surface area contributed by atoms with E-state index in [1.807, 2.05) is 6.92 Å². The predicted molar refractivity (Wildman–Crippen MR) is 78.4 cm³/mol. The van der Waals surface area contributed by atoms with Crippen molar-refractivity contribution in [2.45, 2.75) is 33.6 Å². The molecule has 0 aliphatic carbocycles. The van der Waals surface area contributed by atoms with Gasteiger partial charge in [0.1, 0.15) is 10.5 Å². The molecule has 0 bridgehead atoms. The summed E-state index contributed by atoms with van der Waals surface area (Å²) in [5.74, 6) is 1.29. The van der Waals surface area contributed by atoms with Crippen molar-refractivity contribution < 1.29 is 0 Å². The molecule has 2 nitrogen and oxygen atoms in total. The van der Waals surface area contributed by atoms with E-state index in [2.05, 4.69) is 55.0 Å². The minimum absolute atomic E-state index is 0.344. The standard InChI is InChI=1S/C15H18N2S/c1-9(2)14-16-13(11(4)15(18)17-14)12-7-5-10(3)6-8-12/h5-9H,1-4H3,(H,16,17,18). The summed E-state index contributed by atoms with van der Waals surface area (Å²) >= 11 is 5.34. The normalized spacial score (nSPS) is 10.9. The fraction of sp³-hybridized carbons (Fsp3) is 0.333. The zero-order valence-electron chi connectivity index (χ0n) is 11.2. The number of hydrogen-bond donors (Lipinski definition) is 1. The van der Waals surface area contributed by atoms with Crippen LogP contribution in [0, 0.1) is 18.5 Å². The molecule has 94 valence electrons. The number of aromatic amines is 1. The molecule has 0 spiro atoms. The van der Waals surface area contributed by atoms with Crippen molar-refractivity contribution in [3.8, 4) is 11.3 Å². The van der Waals surface area contributed by atoms with Crippen LogP contribution in [0.2, 0.25) is 0 Å². The minimum atomic E-state index is 0.344. The lowest BCUT2D eigenvalue weighted by molar-refractivity contribution is 0.770. The fourth-order valence-electron chi connectivity index (χ4n) is 1.83. The highest BCUT2D eigenvalue weighted by Gasteiger charge is 2.09. The van der Waals surface area contributed by atoms with Crippen LogP contribution in [-0.2, 0) is 0 Å². The molecule has 0 radical (unpaired) electrons. The van der Waals surface area contributed by atoms with Gasteiger partial charge in [-0.3, -0.25) is 0 Å². The van der Waals surface area contributed by atoms with Crippen molar-refractivity contribution in [1.82, 2.24) is 9.97 Å². The summed E-state index contributed by atoms with van der Waals surface area (Å²) in [5, 5.41) is 0. The average molecular weight is 258 g/mol. The van der Waals surface area contributed by atoms with Crippen molar-refractivity contribution in [2.75, 3.05) is 0 Å². The molecule has 3 heteroatoms. The van der Waals surface area contributed by atoms with Crippen LogP contribution in [0.5, 0.6) is 0 Å². The Labute approximate surface area is 113 Å². The van der Waals surface area contributed by atoms with Crippen LogP contribution in [-0.4, -0.2) is 9.97 Å². The third-order valence-electron chi connectivity index (χ3n) is 3.06. The number of aromatic nitrogens is 2. The first-order valence-corrected chi connectivity index (χ1v) is 6.57. The second kappa shape index (κ2) is 5.02. The van der Waals surface area contributed by atoms with E-state index < -0.39 is 0 Å². The SMILES string of the molecule is Cc1ccc(-c2[nH]c(C(C)C)nc(=S)c2C)cc1. The Kier molecular flexibility index (Phi) is 3.62. The zero-order valence-corrected chi connectivity index (χ0v) is 12.1. The molecule has 1 aromatic heterocycles. The van der Waals surface area contributed by atoms with Gasteiger partial charge in [-0.2, -0.15) is 0 Å². The monoisotopic (exact) mass is 258 g/mol. The Morgan fingerprint density at radius 1 is 1.11 bits per heavy atom. The van der Waals surface area contributed by atoms with Crippen molar-refractivity contribution in [2.24, 2.45) is 0 Å². The third kappa shape index (κ3) is 2.51. The average Bonchev–Trinajstić information content (AvgIpc) is 2.33. The van der Waals surface area contributed by atoms with E-state index in [1.54, 1.807) is 0 Å². The minimum Gasteiger partial charge on any atom is -0.343 e. The van der Waals surface area contributed by atoms with Gasteiger partial charge in [-0.1, -0.05) is 55.9 Å². The largest absolute Gasteiger partial charge is 0.343 e. The van der Waals surface area contributed by atoms with Crippen LogP contribution in [0.4, 0.5) is 0 Å². The molecule has 0 aliphatic heterocycles. The van der Waals surface area contributed by atoms with Crippen molar-refractivity contribution in [3.05, 3.63) is 45.9 Å². The highest BCUT2D eigenvalue weighted by Crippen LogP contribution is 2.23. The van der Waals surface area contributed by atoms with Gasteiger partial charge >= 0.3 is 0 Å². The lowest BCUT2D eigenvalue weighted by Gasteiger charge is -2.12. The molecule has 0 fully saturated rings. The van der Waals surface area contributed by atoms with Crippen molar-refractivity contribution in [3.63, 3.8) is 0 Å². The summed E-state index contributed by atoms with van der Waals surface area (Å²) in [4.78, 5) is 7.85. The molecule has 0 saturated carbocycles. The van der Waals surface area contributed by atoms with Gasteiger partial charge < -0.3 is 4.98 Å². The summed E-state index contributed by atoms with van der Waals surface area (Å²) in [6.45, 7) is 8.33. The number of nitrogens with one attached hydrogen (secondary N) is 1. The van der Waals surface area contributed by atoms with E-state index in [4.69, 9.17) is 12.2 Å². The summed E-state index contributed by atoms with van der Waals surface area (Å²) in [5.41, 5.74) is 4.54. The van der Waals surface area contributed by atoms with Crippen LogP contribution in [0.15, 0.2) is 24.3 Å². The maximum atomic E-state index is 5.34. The van der Waals surface area contributed by atoms with Crippen LogP contribution in [0.1, 0.15) is 36.7 Å². The predicted octanol–water partition coefficient (Wildman–Crippen LogP) is 4.55. The highest BCUT2D eigenvalue weighted by atomic mass is 32.1. The Bertz CT molecular complexity index is 609.